The smallest absolute Gasteiger partial charge is 0.317 e. The molecule has 8 nitrogen and oxygen atoms in total. The highest BCUT2D eigenvalue weighted by Gasteiger charge is 2.30. The molecular formula is C18H24N4O4. The lowest BCUT2D eigenvalue weighted by molar-refractivity contribution is -0.138. The molecule has 2 N–H and O–H groups in total. The Morgan fingerprint density at radius 3 is 2.65 bits per heavy atom. The molecule has 0 saturated carbocycles. The maximum absolute atomic E-state index is 12.1. The first-order valence-electron chi connectivity index (χ1n) is 8.80. The fourth-order valence-corrected chi connectivity index (χ4v) is 3.50. The van der Waals surface area contributed by atoms with Gasteiger partial charge in [-0.25, -0.2) is 0 Å². The van der Waals surface area contributed by atoms with E-state index < -0.39 is 5.97 Å². The van der Waals surface area contributed by atoms with Crippen LogP contribution in [0.4, 0.5) is 11.4 Å². The Morgan fingerprint density at radius 2 is 2.00 bits per heavy atom. The van der Waals surface area contributed by atoms with E-state index in [1.165, 1.54) is 0 Å². The third-order valence-electron chi connectivity index (χ3n) is 5.01. The van der Waals surface area contributed by atoms with E-state index in [0.717, 1.165) is 24.5 Å². The molecule has 3 rings (SSSR count). The molecule has 0 spiro atoms. The number of benzene rings is 1. The quantitative estimate of drug-likeness (QED) is 0.721. The van der Waals surface area contributed by atoms with Crippen LogP contribution >= 0.6 is 0 Å². The summed E-state index contributed by atoms with van der Waals surface area (Å²) in [4.78, 5) is 40.3. The van der Waals surface area contributed by atoms with Crippen molar-refractivity contribution in [3.8, 4) is 0 Å². The fraction of sp³-hybridized carbons (Fsp3) is 0.500. The molecular weight excluding hydrogens is 336 g/mol. The standard InChI is InChI=1S/C18H24N4O4/c1-20(15-5-6-16(23)19-18(15)26)13-3-2-4-14(11-13)22-9-7-21(8-10-22)12-17(24)25/h2-4,11,15H,5-10,12H2,1H3,(H,24,25)(H,19,23,26). The number of likely N-dealkylation sites (N-methyl/N-ethyl adjacent to an activating group) is 1. The molecule has 0 radical (unpaired) electrons. The summed E-state index contributed by atoms with van der Waals surface area (Å²) in [6.45, 7) is 3.02. The number of aliphatic carboxylic acids is 1. The van der Waals surface area contributed by atoms with Gasteiger partial charge in [-0.2, -0.15) is 0 Å². The van der Waals surface area contributed by atoms with Crippen LogP contribution in [-0.4, -0.2) is 73.6 Å². The van der Waals surface area contributed by atoms with Gasteiger partial charge >= 0.3 is 5.97 Å². The van der Waals surface area contributed by atoms with Gasteiger partial charge in [0.05, 0.1) is 6.54 Å². The Kier molecular flexibility index (Phi) is 5.41. The number of hydrogen-bond acceptors (Lipinski definition) is 6. The van der Waals surface area contributed by atoms with E-state index >= 15 is 0 Å². The lowest BCUT2D eigenvalue weighted by atomic mass is 10.0. The van der Waals surface area contributed by atoms with Crippen molar-refractivity contribution in [1.82, 2.24) is 10.2 Å². The third kappa shape index (κ3) is 4.13. The van der Waals surface area contributed by atoms with Crippen LogP contribution in [0.25, 0.3) is 0 Å². The molecule has 8 heteroatoms. The number of imide groups is 1. The van der Waals surface area contributed by atoms with Crippen LogP contribution in [0.2, 0.25) is 0 Å². The first-order valence-corrected chi connectivity index (χ1v) is 8.80. The third-order valence-corrected chi connectivity index (χ3v) is 5.01. The van der Waals surface area contributed by atoms with Gasteiger partial charge < -0.3 is 14.9 Å². The van der Waals surface area contributed by atoms with E-state index in [-0.39, 0.29) is 24.4 Å². The zero-order chi connectivity index (χ0) is 18.7. The van der Waals surface area contributed by atoms with Crippen molar-refractivity contribution in [2.24, 2.45) is 0 Å². The Morgan fingerprint density at radius 1 is 1.27 bits per heavy atom. The zero-order valence-corrected chi connectivity index (χ0v) is 14.9. The Balaban J connectivity index is 1.66. The lowest BCUT2D eigenvalue weighted by Crippen LogP contribution is -2.51. The summed E-state index contributed by atoms with van der Waals surface area (Å²) in [5, 5.41) is 11.3. The minimum Gasteiger partial charge on any atom is -0.480 e. The van der Waals surface area contributed by atoms with Gasteiger partial charge in [-0.1, -0.05) is 6.07 Å². The number of carboxylic acid groups (broad SMARTS) is 1. The molecule has 140 valence electrons. The molecule has 1 aromatic carbocycles. The summed E-state index contributed by atoms with van der Waals surface area (Å²) in [5.74, 6) is -1.27. The predicted molar refractivity (Wildman–Crippen MR) is 97.3 cm³/mol. The first kappa shape index (κ1) is 18.2. The molecule has 0 aromatic heterocycles. The van der Waals surface area contributed by atoms with Gasteiger partial charge in [0.2, 0.25) is 11.8 Å². The fourth-order valence-electron chi connectivity index (χ4n) is 3.50. The molecule has 2 heterocycles. The van der Waals surface area contributed by atoms with Crippen LogP contribution < -0.4 is 15.1 Å². The van der Waals surface area contributed by atoms with Crippen LogP contribution in [0.5, 0.6) is 0 Å². The van der Waals surface area contributed by atoms with Crippen LogP contribution in [0.1, 0.15) is 12.8 Å². The number of hydrogen-bond donors (Lipinski definition) is 2. The number of nitrogens with zero attached hydrogens (tertiary/aromatic N) is 3. The molecule has 1 unspecified atom stereocenters. The van der Waals surface area contributed by atoms with Gasteiger partial charge in [-0.15, -0.1) is 0 Å². The molecule has 2 fully saturated rings. The molecule has 26 heavy (non-hydrogen) atoms. The summed E-state index contributed by atoms with van der Waals surface area (Å²) in [6, 6.07) is 7.62. The Bertz CT molecular complexity index is 700. The summed E-state index contributed by atoms with van der Waals surface area (Å²) in [7, 11) is 1.87. The number of amides is 2. The number of anilines is 2. The second kappa shape index (κ2) is 7.74. The average molecular weight is 360 g/mol. The van der Waals surface area contributed by atoms with Gasteiger partial charge in [-0.05, 0) is 24.6 Å². The van der Waals surface area contributed by atoms with Gasteiger partial charge in [0, 0.05) is 51.0 Å². The van der Waals surface area contributed by atoms with Crippen molar-refractivity contribution in [3.05, 3.63) is 24.3 Å². The predicted octanol–water partition coefficient (Wildman–Crippen LogP) is 0.135. The number of carbonyl (C=O) groups is 3. The summed E-state index contributed by atoms with van der Waals surface area (Å²) < 4.78 is 0. The average Bonchev–Trinajstić information content (AvgIpc) is 2.61. The molecule has 0 bridgehead atoms. The Hall–Kier alpha value is -2.61. The SMILES string of the molecule is CN(c1cccc(N2CCN(CC(=O)O)CC2)c1)C1CCC(=O)NC1=O. The second-order valence-corrected chi connectivity index (χ2v) is 6.75. The van der Waals surface area contributed by atoms with Gasteiger partial charge in [-0.3, -0.25) is 24.6 Å². The molecule has 2 aliphatic rings. The summed E-state index contributed by atoms with van der Waals surface area (Å²) >= 11 is 0. The number of carbonyl (C=O) groups excluding carboxylic acids is 2. The number of carboxylic acids is 1. The second-order valence-electron chi connectivity index (χ2n) is 6.75. The minimum absolute atomic E-state index is 0.0755. The van der Waals surface area contributed by atoms with E-state index in [1.807, 2.05) is 41.1 Å². The molecule has 2 amide bonds. The Labute approximate surface area is 152 Å². The molecule has 2 aliphatic heterocycles. The van der Waals surface area contributed by atoms with E-state index in [0.29, 0.717) is 25.9 Å². The first-order chi connectivity index (χ1) is 12.4. The van der Waals surface area contributed by atoms with Gasteiger partial charge in [0.25, 0.3) is 0 Å². The molecule has 2 saturated heterocycles. The summed E-state index contributed by atoms with van der Waals surface area (Å²) in [6.07, 6.45) is 0.866. The van der Waals surface area contributed by atoms with Crippen molar-refractivity contribution < 1.29 is 19.5 Å². The maximum Gasteiger partial charge on any atom is 0.317 e. The molecule has 1 aromatic rings. The van der Waals surface area contributed by atoms with Gasteiger partial charge in [0.15, 0.2) is 0 Å². The van der Waals surface area contributed by atoms with Crippen molar-refractivity contribution >= 4 is 29.2 Å². The normalized spacial score (nSPS) is 21.4. The molecule has 0 aliphatic carbocycles. The van der Waals surface area contributed by atoms with E-state index in [2.05, 4.69) is 10.2 Å². The van der Waals surface area contributed by atoms with Crippen LogP contribution in [0, 0.1) is 0 Å². The highest BCUT2D eigenvalue weighted by molar-refractivity contribution is 6.01. The van der Waals surface area contributed by atoms with Crippen molar-refractivity contribution in [3.63, 3.8) is 0 Å². The lowest BCUT2D eigenvalue weighted by Gasteiger charge is -2.36. The van der Waals surface area contributed by atoms with Gasteiger partial charge in [0.1, 0.15) is 6.04 Å². The van der Waals surface area contributed by atoms with Crippen molar-refractivity contribution in [2.45, 2.75) is 18.9 Å². The molecule has 1 atom stereocenters. The topological polar surface area (TPSA) is 93.2 Å². The minimum atomic E-state index is -0.800. The number of piperidine rings is 1. The monoisotopic (exact) mass is 360 g/mol. The van der Waals surface area contributed by atoms with Crippen LogP contribution in [0.3, 0.4) is 0 Å². The maximum atomic E-state index is 12.1. The van der Waals surface area contributed by atoms with E-state index in [4.69, 9.17) is 5.11 Å². The zero-order valence-electron chi connectivity index (χ0n) is 14.9. The van der Waals surface area contributed by atoms with E-state index in [1.54, 1.807) is 0 Å². The highest BCUT2D eigenvalue weighted by atomic mass is 16.4. The highest BCUT2D eigenvalue weighted by Crippen LogP contribution is 2.26. The number of piperazine rings is 1. The number of rotatable bonds is 5. The number of nitrogens with one attached hydrogen (secondary N) is 1. The van der Waals surface area contributed by atoms with Crippen molar-refractivity contribution in [1.29, 1.82) is 0 Å². The van der Waals surface area contributed by atoms with Crippen LogP contribution in [0.15, 0.2) is 24.3 Å². The van der Waals surface area contributed by atoms with E-state index in [9.17, 15) is 14.4 Å². The van der Waals surface area contributed by atoms with Crippen molar-refractivity contribution in [2.75, 3.05) is 49.6 Å². The largest absolute Gasteiger partial charge is 0.480 e. The summed E-state index contributed by atoms with van der Waals surface area (Å²) in [5.41, 5.74) is 1.97. The van der Waals surface area contributed by atoms with Crippen LogP contribution in [-0.2, 0) is 14.4 Å².